The highest BCUT2D eigenvalue weighted by atomic mass is 16.5. The first-order chi connectivity index (χ1) is 19.0. The predicted molar refractivity (Wildman–Crippen MR) is 154 cm³/mol. The lowest BCUT2D eigenvalue weighted by molar-refractivity contribution is -0.944. The average molecular weight is 526 g/mol. The van der Waals surface area contributed by atoms with Gasteiger partial charge in [0.05, 0.1) is 44.7 Å². The van der Waals surface area contributed by atoms with Crippen molar-refractivity contribution in [1.82, 2.24) is 5.32 Å². The van der Waals surface area contributed by atoms with Crippen LogP contribution in [0.15, 0.2) is 66.7 Å². The molecule has 3 aromatic carbocycles. The van der Waals surface area contributed by atoms with Gasteiger partial charge in [-0.3, -0.25) is 4.79 Å². The Bertz CT molecular complexity index is 1260. The Morgan fingerprint density at radius 1 is 0.872 bits per heavy atom. The summed E-state index contributed by atoms with van der Waals surface area (Å²) in [6.45, 7) is 9.77. The number of benzene rings is 3. The van der Waals surface area contributed by atoms with Gasteiger partial charge in [0.25, 0.3) is 0 Å². The second-order valence-corrected chi connectivity index (χ2v) is 11.9. The molecule has 0 aromatic heterocycles. The maximum Gasteiger partial charge on any atom is 0.232 e. The molecule has 0 radical (unpaired) electrons. The summed E-state index contributed by atoms with van der Waals surface area (Å²) in [5, 5.41) is 3.54. The number of amides is 1. The van der Waals surface area contributed by atoms with Gasteiger partial charge in [0.2, 0.25) is 5.91 Å². The van der Waals surface area contributed by atoms with Crippen LogP contribution < -0.4 is 14.8 Å². The van der Waals surface area contributed by atoms with E-state index in [1.165, 1.54) is 56.4 Å². The Labute approximate surface area is 232 Å². The number of hydrogen-bond donors (Lipinski definition) is 1. The first kappa shape index (κ1) is 25.9. The molecule has 5 nitrogen and oxygen atoms in total. The van der Waals surface area contributed by atoms with Crippen LogP contribution in [0.2, 0.25) is 0 Å². The SMILES string of the molecule is Cc1cccc(C)c1OCCCCC[N+]12CCC(CC1)[C@H](NC(=O)C1c3ccccc3Oc3ccccc31)C2. The summed E-state index contributed by atoms with van der Waals surface area (Å²) in [4.78, 5) is 13.9. The zero-order valence-corrected chi connectivity index (χ0v) is 23.3. The number of rotatable bonds is 9. The summed E-state index contributed by atoms with van der Waals surface area (Å²) in [7, 11) is 0. The van der Waals surface area contributed by atoms with Gasteiger partial charge in [-0.15, -0.1) is 0 Å². The topological polar surface area (TPSA) is 47.6 Å². The molecule has 1 atom stereocenters. The first-order valence-electron chi connectivity index (χ1n) is 14.7. The number of nitrogens with one attached hydrogen (secondary N) is 1. The number of para-hydroxylation sites is 3. The fourth-order valence-corrected chi connectivity index (χ4v) is 7.15. The highest BCUT2D eigenvalue weighted by molar-refractivity contribution is 5.89. The molecule has 0 aliphatic carbocycles. The lowest BCUT2D eigenvalue weighted by atomic mass is 9.80. The molecule has 2 bridgehead atoms. The van der Waals surface area contributed by atoms with Crippen molar-refractivity contribution in [3.63, 3.8) is 0 Å². The van der Waals surface area contributed by atoms with Crippen LogP contribution in [-0.4, -0.2) is 49.2 Å². The summed E-state index contributed by atoms with van der Waals surface area (Å²) in [6.07, 6.45) is 5.89. The predicted octanol–water partition coefficient (Wildman–Crippen LogP) is 6.52. The fraction of sp³-hybridized carbons (Fsp3) is 0.441. The van der Waals surface area contributed by atoms with E-state index >= 15 is 0 Å². The van der Waals surface area contributed by atoms with Crippen LogP contribution in [0.1, 0.15) is 60.3 Å². The quantitative estimate of drug-likeness (QED) is 0.256. The van der Waals surface area contributed by atoms with Gasteiger partial charge in [0.15, 0.2) is 0 Å². The lowest BCUT2D eigenvalue weighted by Crippen LogP contribution is -2.67. The van der Waals surface area contributed by atoms with Crippen molar-refractivity contribution in [2.24, 2.45) is 5.92 Å². The second-order valence-electron chi connectivity index (χ2n) is 11.9. The van der Waals surface area contributed by atoms with Gasteiger partial charge < -0.3 is 19.3 Å². The van der Waals surface area contributed by atoms with Crippen LogP contribution in [0.3, 0.4) is 0 Å². The molecule has 0 saturated carbocycles. The van der Waals surface area contributed by atoms with Gasteiger partial charge in [-0.2, -0.15) is 0 Å². The number of fused-ring (bicyclic) bond motifs is 5. The normalized spacial score (nSPS) is 23.4. The number of nitrogens with zero attached hydrogens (tertiary/aromatic N) is 1. The highest BCUT2D eigenvalue weighted by Gasteiger charge is 2.46. The van der Waals surface area contributed by atoms with Crippen molar-refractivity contribution in [2.75, 3.05) is 32.8 Å². The summed E-state index contributed by atoms with van der Waals surface area (Å²) in [5.41, 5.74) is 4.35. The molecule has 7 rings (SSSR count). The Morgan fingerprint density at radius 2 is 1.51 bits per heavy atom. The fourth-order valence-electron chi connectivity index (χ4n) is 7.15. The Balaban J connectivity index is 1.05. The van der Waals surface area contributed by atoms with E-state index in [-0.39, 0.29) is 17.9 Å². The van der Waals surface area contributed by atoms with E-state index in [0.29, 0.717) is 5.92 Å². The maximum absolute atomic E-state index is 13.9. The lowest BCUT2D eigenvalue weighted by Gasteiger charge is -2.53. The van der Waals surface area contributed by atoms with Crippen LogP contribution in [0.5, 0.6) is 17.2 Å². The molecule has 0 spiro atoms. The largest absolute Gasteiger partial charge is 0.493 e. The molecule has 4 aliphatic heterocycles. The highest BCUT2D eigenvalue weighted by Crippen LogP contribution is 2.44. The van der Waals surface area contributed by atoms with Gasteiger partial charge in [-0.1, -0.05) is 54.6 Å². The number of ether oxygens (including phenoxy) is 2. The number of carbonyl (C=O) groups excluding carboxylic acids is 1. The van der Waals surface area contributed by atoms with Gasteiger partial charge in [0.1, 0.15) is 17.2 Å². The molecule has 0 unspecified atom stereocenters. The monoisotopic (exact) mass is 525 g/mol. The first-order valence-corrected chi connectivity index (χ1v) is 14.7. The van der Waals surface area contributed by atoms with Crippen molar-refractivity contribution in [1.29, 1.82) is 0 Å². The molecule has 39 heavy (non-hydrogen) atoms. The third-order valence-corrected chi connectivity index (χ3v) is 9.30. The number of quaternary nitrogens is 1. The minimum atomic E-state index is -0.327. The Hall–Kier alpha value is -3.31. The van der Waals surface area contributed by atoms with Crippen molar-refractivity contribution < 1.29 is 18.8 Å². The average Bonchev–Trinajstić information content (AvgIpc) is 2.95. The number of aryl methyl sites for hydroxylation is 2. The van der Waals surface area contributed by atoms with E-state index in [0.717, 1.165) is 52.4 Å². The summed E-state index contributed by atoms with van der Waals surface area (Å²) < 4.78 is 13.4. The zero-order chi connectivity index (χ0) is 26.8. The van der Waals surface area contributed by atoms with Crippen LogP contribution in [0, 0.1) is 19.8 Å². The minimum Gasteiger partial charge on any atom is -0.493 e. The number of piperidine rings is 3. The molecule has 5 heteroatoms. The Kier molecular flexibility index (Phi) is 7.35. The van der Waals surface area contributed by atoms with E-state index in [1.807, 2.05) is 48.5 Å². The second kappa shape index (κ2) is 11.1. The number of unbranched alkanes of at least 4 members (excludes halogenated alkanes) is 2. The molecule has 3 aromatic rings. The number of hydrogen-bond acceptors (Lipinski definition) is 3. The van der Waals surface area contributed by atoms with E-state index in [2.05, 4.69) is 37.4 Å². The zero-order valence-electron chi connectivity index (χ0n) is 23.3. The molecule has 3 saturated heterocycles. The molecular formula is C34H41N2O3+. The van der Waals surface area contributed by atoms with Gasteiger partial charge in [0, 0.05) is 24.0 Å². The Morgan fingerprint density at radius 3 is 2.18 bits per heavy atom. The van der Waals surface area contributed by atoms with Crippen LogP contribution in [-0.2, 0) is 4.79 Å². The summed E-state index contributed by atoms with van der Waals surface area (Å²) >= 11 is 0. The van der Waals surface area contributed by atoms with Gasteiger partial charge >= 0.3 is 0 Å². The minimum absolute atomic E-state index is 0.110. The van der Waals surface area contributed by atoms with Crippen LogP contribution in [0.4, 0.5) is 0 Å². The molecule has 4 aliphatic rings. The van der Waals surface area contributed by atoms with E-state index in [4.69, 9.17) is 9.47 Å². The summed E-state index contributed by atoms with van der Waals surface area (Å²) in [5.74, 6) is 2.99. The smallest absolute Gasteiger partial charge is 0.232 e. The van der Waals surface area contributed by atoms with Crippen LogP contribution in [0.25, 0.3) is 0 Å². The van der Waals surface area contributed by atoms with E-state index in [9.17, 15) is 4.79 Å². The van der Waals surface area contributed by atoms with E-state index in [1.54, 1.807) is 0 Å². The molecule has 3 fully saturated rings. The third kappa shape index (κ3) is 5.29. The molecule has 1 N–H and O–H groups in total. The van der Waals surface area contributed by atoms with Crippen molar-refractivity contribution >= 4 is 5.91 Å². The molecular weight excluding hydrogens is 484 g/mol. The van der Waals surface area contributed by atoms with Gasteiger partial charge in [-0.05, 0) is 62.3 Å². The molecule has 1 amide bonds. The van der Waals surface area contributed by atoms with Crippen molar-refractivity contribution in [3.8, 4) is 17.2 Å². The van der Waals surface area contributed by atoms with Crippen molar-refractivity contribution in [3.05, 3.63) is 89.0 Å². The van der Waals surface area contributed by atoms with Gasteiger partial charge in [-0.25, -0.2) is 0 Å². The van der Waals surface area contributed by atoms with E-state index < -0.39 is 0 Å². The third-order valence-electron chi connectivity index (χ3n) is 9.30. The van der Waals surface area contributed by atoms with Crippen molar-refractivity contribution in [2.45, 2.75) is 57.9 Å². The van der Waals surface area contributed by atoms with Crippen LogP contribution >= 0.6 is 0 Å². The maximum atomic E-state index is 13.9. The standard InChI is InChI=1S/C34H40N2O3/c1-24-11-10-12-25(2)33(24)38-22-9-3-8-19-36-20-17-26(18-21-36)29(23-36)35-34(37)32-27-13-4-6-15-30(27)39-31-16-7-5-14-28(31)32/h4-7,10-16,26,29,32H,3,8-9,17-23H2,1-2H3/p+1/t26?,29-,36?/m1/s1. The molecule has 4 heterocycles. The summed E-state index contributed by atoms with van der Waals surface area (Å²) in [6, 6.07) is 22.5. The molecule has 204 valence electrons. The number of carbonyl (C=O) groups is 1.